The molecule has 2 aromatic rings. The van der Waals surface area contributed by atoms with Gasteiger partial charge in [0.15, 0.2) is 5.96 Å². The van der Waals surface area contributed by atoms with Crippen LogP contribution in [0.1, 0.15) is 31.1 Å². The van der Waals surface area contributed by atoms with E-state index in [9.17, 15) is 4.79 Å². The monoisotopic (exact) mass is 428 g/mol. The molecule has 1 amide bonds. The highest BCUT2D eigenvalue weighted by Gasteiger charge is 2.24. The van der Waals surface area contributed by atoms with Crippen molar-refractivity contribution in [3.63, 3.8) is 0 Å². The van der Waals surface area contributed by atoms with Crippen LogP contribution in [0.25, 0.3) is 0 Å². The Bertz CT molecular complexity index is 830. The number of aliphatic imine (C=N–C) groups is 1. The third-order valence-corrected chi connectivity index (χ3v) is 5.21. The van der Waals surface area contributed by atoms with Crippen LogP contribution in [0.5, 0.6) is 5.75 Å². The summed E-state index contributed by atoms with van der Waals surface area (Å²) in [6.07, 6.45) is 3.90. The van der Waals surface area contributed by atoms with Crippen molar-refractivity contribution in [2.45, 2.75) is 38.8 Å². The Labute approximate surface area is 183 Å². The van der Waals surface area contributed by atoms with E-state index in [4.69, 9.17) is 18.9 Å². The van der Waals surface area contributed by atoms with Crippen LogP contribution < -0.4 is 15.4 Å². The predicted octanol–water partition coefficient (Wildman–Crippen LogP) is 3.19. The highest BCUT2D eigenvalue weighted by molar-refractivity contribution is 5.80. The summed E-state index contributed by atoms with van der Waals surface area (Å²) in [6, 6.07) is 12.0. The molecule has 0 bridgehead atoms. The molecule has 0 spiro atoms. The minimum absolute atomic E-state index is 0.234. The summed E-state index contributed by atoms with van der Waals surface area (Å²) in [4.78, 5) is 18.5. The summed E-state index contributed by atoms with van der Waals surface area (Å²) in [7, 11) is 1.67. The van der Waals surface area contributed by atoms with E-state index in [2.05, 4.69) is 10.6 Å². The summed E-state index contributed by atoms with van der Waals surface area (Å²) < 4.78 is 16.0. The number of rotatable bonds is 8. The lowest BCUT2D eigenvalue weighted by Gasteiger charge is -2.32. The Balaban J connectivity index is 1.59. The molecule has 1 aromatic carbocycles. The second-order valence-electron chi connectivity index (χ2n) is 7.34. The average molecular weight is 429 g/mol. The van der Waals surface area contributed by atoms with Crippen molar-refractivity contribution in [3.05, 3.63) is 54.0 Å². The third-order valence-electron chi connectivity index (χ3n) is 5.21. The summed E-state index contributed by atoms with van der Waals surface area (Å²) in [5.41, 5.74) is 1.02. The van der Waals surface area contributed by atoms with Gasteiger partial charge in [-0.3, -0.25) is 0 Å². The molecule has 1 fully saturated rings. The van der Waals surface area contributed by atoms with Crippen LogP contribution in [0.2, 0.25) is 0 Å². The van der Waals surface area contributed by atoms with Crippen molar-refractivity contribution < 1.29 is 18.7 Å². The highest BCUT2D eigenvalue weighted by atomic mass is 16.6. The lowest BCUT2D eigenvalue weighted by atomic mass is 10.1. The molecule has 0 radical (unpaired) electrons. The molecular weight excluding hydrogens is 396 g/mol. The minimum atomic E-state index is -0.234. The van der Waals surface area contributed by atoms with Crippen LogP contribution in [-0.4, -0.2) is 56.3 Å². The molecule has 0 unspecified atom stereocenters. The van der Waals surface area contributed by atoms with Gasteiger partial charge in [0.05, 0.1) is 26.5 Å². The number of nitrogens with zero attached hydrogens (tertiary/aromatic N) is 2. The van der Waals surface area contributed by atoms with Gasteiger partial charge in [-0.2, -0.15) is 0 Å². The summed E-state index contributed by atoms with van der Waals surface area (Å²) >= 11 is 0. The number of benzene rings is 1. The number of methoxy groups -OCH3 is 1. The maximum atomic E-state index is 11.9. The zero-order valence-electron chi connectivity index (χ0n) is 18.3. The molecule has 1 aliphatic heterocycles. The third kappa shape index (κ3) is 6.94. The molecule has 0 aliphatic carbocycles. The number of piperidine rings is 1. The second kappa shape index (κ2) is 11.9. The van der Waals surface area contributed by atoms with E-state index in [0.29, 0.717) is 32.8 Å². The number of guanidine groups is 1. The van der Waals surface area contributed by atoms with Crippen LogP contribution in [-0.2, 0) is 17.7 Å². The Kier molecular flexibility index (Phi) is 8.63. The van der Waals surface area contributed by atoms with Crippen LogP contribution in [0.4, 0.5) is 4.79 Å². The van der Waals surface area contributed by atoms with E-state index in [0.717, 1.165) is 42.3 Å². The molecule has 31 heavy (non-hydrogen) atoms. The molecule has 8 heteroatoms. The van der Waals surface area contributed by atoms with Gasteiger partial charge >= 0.3 is 6.09 Å². The lowest BCUT2D eigenvalue weighted by Crippen LogP contribution is -2.50. The van der Waals surface area contributed by atoms with Gasteiger partial charge < -0.3 is 29.4 Å². The molecule has 2 heterocycles. The topological polar surface area (TPSA) is 88.3 Å². The number of carbonyl (C=O) groups excluding carboxylic acids is 1. The lowest BCUT2D eigenvalue weighted by molar-refractivity contribution is 0.0963. The van der Waals surface area contributed by atoms with Gasteiger partial charge in [0.25, 0.3) is 0 Å². The van der Waals surface area contributed by atoms with Gasteiger partial charge in [0.1, 0.15) is 11.5 Å². The Morgan fingerprint density at radius 2 is 2.03 bits per heavy atom. The Morgan fingerprint density at radius 1 is 1.23 bits per heavy atom. The van der Waals surface area contributed by atoms with Crippen molar-refractivity contribution in [3.8, 4) is 5.75 Å². The molecule has 168 valence electrons. The predicted molar refractivity (Wildman–Crippen MR) is 119 cm³/mol. The number of ether oxygens (including phenoxy) is 2. The standard InChI is InChI=1S/C23H32N4O4/c1-3-30-23(28)27-14-11-19(12-15-27)26-22(24-13-10-20-8-6-16-31-20)25-17-18-7-4-5-9-21(18)29-2/h4-9,16,19H,3,10-15,17H2,1-2H3,(H2,24,25,26). The number of hydrogen-bond acceptors (Lipinski definition) is 5. The first kappa shape index (κ1) is 22.5. The van der Waals surface area contributed by atoms with Crippen molar-refractivity contribution in [1.82, 2.24) is 15.5 Å². The number of nitrogens with one attached hydrogen (secondary N) is 2. The van der Waals surface area contributed by atoms with Gasteiger partial charge in [-0.15, -0.1) is 0 Å². The molecule has 1 saturated heterocycles. The van der Waals surface area contributed by atoms with Gasteiger partial charge in [0.2, 0.25) is 0 Å². The number of likely N-dealkylation sites (tertiary alicyclic amines) is 1. The zero-order valence-corrected chi connectivity index (χ0v) is 18.3. The summed E-state index contributed by atoms with van der Waals surface area (Å²) in [5.74, 6) is 2.50. The van der Waals surface area contributed by atoms with Crippen LogP contribution in [0, 0.1) is 0 Å². The van der Waals surface area contributed by atoms with Crippen molar-refractivity contribution in [2.75, 3.05) is 33.4 Å². The first-order valence-corrected chi connectivity index (χ1v) is 10.8. The molecule has 0 saturated carbocycles. The fourth-order valence-corrected chi connectivity index (χ4v) is 3.52. The fourth-order valence-electron chi connectivity index (χ4n) is 3.52. The largest absolute Gasteiger partial charge is 0.496 e. The number of carbonyl (C=O) groups is 1. The van der Waals surface area contributed by atoms with E-state index in [1.54, 1.807) is 18.3 Å². The first-order chi connectivity index (χ1) is 15.2. The molecule has 2 N–H and O–H groups in total. The van der Waals surface area contributed by atoms with Gasteiger partial charge in [-0.1, -0.05) is 18.2 Å². The number of para-hydroxylation sites is 1. The van der Waals surface area contributed by atoms with E-state index >= 15 is 0 Å². The summed E-state index contributed by atoms with van der Waals surface area (Å²) in [5, 5.41) is 6.92. The van der Waals surface area contributed by atoms with Gasteiger partial charge in [0, 0.05) is 37.7 Å². The average Bonchev–Trinajstić information content (AvgIpc) is 3.31. The highest BCUT2D eigenvalue weighted by Crippen LogP contribution is 2.18. The normalized spacial score (nSPS) is 14.9. The maximum absolute atomic E-state index is 11.9. The number of amides is 1. The quantitative estimate of drug-likeness (QED) is 0.496. The maximum Gasteiger partial charge on any atom is 0.409 e. The molecule has 1 aliphatic rings. The van der Waals surface area contributed by atoms with E-state index in [1.807, 2.05) is 43.3 Å². The van der Waals surface area contributed by atoms with Gasteiger partial charge in [-0.25, -0.2) is 9.79 Å². The Morgan fingerprint density at radius 3 is 2.74 bits per heavy atom. The Hall–Kier alpha value is -3.16. The SMILES string of the molecule is CCOC(=O)N1CCC(NC(=NCc2ccccc2OC)NCCc2ccco2)CC1. The van der Waals surface area contributed by atoms with Crippen LogP contribution in [0.3, 0.4) is 0 Å². The van der Waals surface area contributed by atoms with Crippen molar-refractivity contribution in [1.29, 1.82) is 0 Å². The minimum Gasteiger partial charge on any atom is -0.496 e. The zero-order chi connectivity index (χ0) is 21.9. The number of hydrogen-bond donors (Lipinski definition) is 2. The molecular formula is C23H32N4O4. The van der Waals surface area contributed by atoms with Gasteiger partial charge in [-0.05, 0) is 38.0 Å². The number of furan rings is 1. The molecule has 1 aromatic heterocycles. The van der Waals surface area contributed by atoms with Crippen LogP contribution >= 0.6 is 0 Å². The molecule has 3 rings (SSSR count). The second-order valence-corrected chi connectivity index (χ2v) is 7.34. The smallest absolute Gasteiger partial charge is 0.409 e. The molecule has 8 nitrogen and oxygen atoms in total. The molecule has 0 atom stereocenters. The van der Waals surface area contributed by atoms with E-state index < -0.39 is 0 Å². The summed E-state index contributed by atoms with van der Waals surface area (Å²) in [6.45, 7) is 4.77. The van der Waals surface area contributed by atoms with Crippen molar-refractivity contribution >= 4 is 12.1 Å². The van der Waals surface area contributed by atoms with Crippen LogP contribution in [0.15, 0.2) is 52.1 Å². The van der Waals surface area contributed by atoms with E-state index in [-0.39, 0.29) is 12.1 Å². The first-order valence-electron chi connectivity index (χ1n) is 10.8. The fraction of sp³-hybridized carbons (Fsp3) is 0.478. The van der Waals surface area contributed by atoms with Crippen molar-refractivity contribution in [2.24, 2.45) is 4.99 Å². The van der Waals surface area contributed by atoms with E-state index in [1.165, 1.54) is 0 Å².